The minimum atomic E-state index is -4.55. The SMILES string of the molecule is CC(C)(C)N(C(=O)O)C(C(=O)N1CC[C@@H]2CC[C@H](Oc3cnc(C4CC4)cn3)N2C1)c1ccc(C(F)(F)F)cc1. The van der Waals surface area contributed by atoms with Crippen molar-refractivity contribution in [2.75, 3.05) is 13.2 Å². The molecule has 216 valence electrons. The Morgan fingerprint density at radius 1 is 1.02 bits per heavy atom. The number of amides is 2. The first kappa shape index (κ1) is 28.1. The van der Waals surface area contributed by atoms with Crippen molar-refractivity contribution in [2.24, 2.45) is 0 Å². The van der Waals surface area contributed by atoms with E-state index in [-0.39, 0.29) is 24.5 Å². The molecule has 1 aliphatic carbocycles. The molecule has 2 amide bonds. The van der Waals surface area contributed by atoms with Crippen LogP contribution in [0.25, 0.3) is 0 Å². The predicted molar refractivity (Wildman–Crippen MR) is 138 cm³/mol. The Balaban J connectivity index is 1.37. The molecule has 0 bridgehead atoms. The lowest BCUT2D eigenvalue weighted by molar-refractivity contribution is -0.146. The van der Waals surface area contributed by atoms with Gasteiger partial charge in [-0.15, -0.1) is 0 Å². The van der Waals surface area contributed by atoms with Crippen LogP contribution in [0.15, 0.2) is 36.7 Å². The number of ether oxygens (including phenoxy) is 1. The number of rotatable bonds is 6. The summed E-state index contributed by atoms with van der Waals surface area (Å²) in [6.07, 6.45) is 1.69. The topological polar surface area (TPSA) is 99.1 Å². The first-order valence-electron chi connectivity index (χ1n) is 13.6. The van der Waals surface area contributed by atoms with Gasteiger partial charge in [-0.1, -0.05) is 12.1 Å². The van der Waals surface area contributed by atoms with Gasteiger partial charge in [-0.25, -0.2) is 14.7 Å². The summed E-state index contributed by atoms with van der Waals surface area (Å²) in [5.74, 6) is 0.399. The van der Waals surface area contributed by atoms with Crippen LogP contribution in [0.2, 0.25) is 0 Å². The number of alkyl halides is 3. The maximum absolute atomic E-state index is 14.0. The third-order valence-corrected chi connectivity index (χ3v) is 7.84. The van der Waals surface area contributed by atoms with E-state index < -0.39 is 35.3 Å². The molecule has 0 radical (unpaired) electrons. The van der Waals surface area contributed by atoms with Crippen LogP contribution >= 0.6 is 0 Å². The Kier molecular flexibility index (Phi) is 7.41. The molecule has 3 fully saturated rings. The largest absolute Gasteiger partial charge is 0.465 e. The van der Waals surface area contributed by atoms with Gasteiger partial charge >= 0.3 is 12.3 Å². The summed E-state index contributed by atoms with van der Waals surface area (Å²) in [5.41, 5.74) is -0.732. The van der Waals surface area contributed by atoms with Gasteiger partial charge in [-0.2, -0.15) is 13.2 Å². The van der Waals surface area contributed by atoms with Gasteiger partial charge in [0.05, 0.1) is 30.3 Å². The predicted octanol–water partition coefficient (Wildman–Crippen LogP) is 5.25. The number of carbonyl (C=O) groups excluding carboxylic acids is 1. The first-order valence-corrected chi connectivity index (χ1v) is 13.6. The highest BCUT2D eigenvalue weighted by molar-refractivity contribution is 5.87. The van der Waals surface area contributed by atoms with Gasteiger partial charge in [-0.05, 0) is 70.6 Å². The lowest BCUT2D eigenvalue weighted by atomic mass is 9.96. The molecule has 9 nitrogen and oxygen atoms in total. The van der Waals surface area contributed by atoms with E-state index in [1.807, 2.05) is 0 Å². The maximum atomic E-state index is 14.0. The smallest absolute Gasteiger partial charge is 0.416 e. The minimum absolute atomic E-state index is 0.178. The van der Waals surface area contributed by atoms with Crippen LogP contribution in [0.3, 0.4) is 0 Å². The second-order valence-electron chi connectivity index (χ2n) is 11.7. The van der Waals surface area contributed by atoms with Gasteiger partial charge < -0.3 is 14.7 Å². The highest BCUT2D eigenvalue weighted by atomic mass is 19.4. The molecule has 1 aromatic carbocycles. The molecular weight excluding hydrogens is 527 g/mol. The van der Waals surface area contributed by atoms with E-state index in [2.05, 4.69) is 14.9 Å². The molecule has 2 aromatic rings. The van der Waals surface area contributed by atoms with E-state index in [1.54, 1.807) is 38.1 Å². The van der Waals surface area contributed by atoms with E-state index in [0.717, 1.165) is 48.4 Å². The Hall–Kier alpha value is -3.41. The standard InChI is InChI=1S/C28H34F3N5O4/c1-27(2,3)36(26(38)39)24(18-6-8-19(9-7-18)28(29,30)31)25(37)34-13-12-20-10-11-23(35(20)16-34)40-22-15-32-21(14-33-22)17-4-5-17/h6-9,14-15,17,20,23-24H,4-5,10-13,16H2,1-3H3,(H,38,39)/t20-,23-,24?/m0/s1. The van der Waals surface area contributed by atoms with Crippen molar-refractivity contribution in [1.82, 2.24) is 24.7 Å². The van der Waals surface area contributed by atoms with Crippen molar-refractivity contribution in [2.45, 2.75) is 88.8 Å². The Morgan fingerprint density at radius 2 is 1.73 bits per heavy atom. The van der Waals surface area contributed by atoms with Crippen LogP contribution in [0.1, 0.15) is 81.7 Å². The molecule has 1 aromatic heterocycles. The van der Waals surface area contributed by atoms with Crippen molar-refractivity contribution >= 4 is 12.0 Å². The number of halogens is 3. The molecule has 3 aliphatic rings. The van der Waals surface area contributed by atoms with Crippen molar-refractivity contribution in [1.29, 1.82) is 0 Å². The average molecular weight is 562 g/mol. The number of hydrogen-bond acceptors (Lipinski definition) is 6. The summed E-state index contributed by atoms with van der Waals surface area (Å²) < 4.78 is 45.8. The summed E-state index contributed by atoms with van der Waals surface area (Å²) in [6.45, 7) is 5.56. The van der Waals surface area contributed by atoms with E-state index in [4.69, 9.17) is 4.74 Å². The zero-order valence-corrected chi connectivity index (χ0v) is 22.8. The molecule has 3 atom stereocenters. The van der Waals surface area contributed by atoms with Crippen LogP contribution in [-0.2, 0) is 11.0 Å². The molecule has 2 saturated heterocycles. The van der Waals surface area contributed by atoms with Gasteiger partial charge in [0.1, 0.15) is 6.04 Å². The Morgan fingerprint density at radius 3 is 2.27 bits per heavy atom. The fraction of sp³-hybridized carbons (Fsp3) is 0.571. The fourth-order valence-corrected chi connectivity index (χ4v) is 5.63. The summed E-state index contributed by atoms with van der Waals surface area (Å²) in [5, 5.41) is 10.1. The molecule has 40 heavy (non-hydrogen) atoms. The molecule has 5 rings (SSSR count). The number of hydrogen-bond donors (Lipinski definition) is 1. The zero-order chi connectivity index (χ0) is 28.8. The summed E-state index contributed by atoms with van der Waals surface area (Å²) in [6, 6.07) is 3.00. The maximum Gasteiger partial charge on any atom is 0.416 e. The zero-order valence-electron chi connectivity index (χ0n) is 22.8. The van der Waals surface area contributed by atoms with Crippen LogP contribution in [0, 0.1) is 0 Å². The van der Waals surface area contributed by atoms with E-state index in [0.29, 0.717) is 24.8 Å². The van der Waals surface area contributed by atoms with Gasteiger partial charge in [0, 0.05) is 24.0 Å². The number of aromatic nitrogens is 2. The molecule has 1 saturated carbocycles. The average Bonchev–Trinajstić information content (AvgIpc) is 3.67. The molecule has 0 spiro atoms. The van der Waals surface area contributed by atoms with E-state index in [1.165, 1.54) is 12.1 Å². The number of carboxylic acid groups (broad SMARTS) is 1. The number of fused-ring (bicyclic) bond motifs is 1. The lowest BCUT2D eigenvalue weighted by Crippen LogP contribution is -2.58. The van der Waals surface area contributed by atoms with Crippen LogP contribution < -0.4 is 4.74 Å². The molecule has 1 unspecified atom stereocenters. The molecular formula is C28H34F3N5O4. The van der Waals surface area contributed by atoms with Gasteiger partial charge in [0.25, 0.3) is 5.91 Å². The minimum Gasteiger partial charge on any atom is -0.465 e. The van der Waals surface area contributed by atoms with E-state index >= 15 is 0 Å². The van der Waals surface area contributed by atoms with Crippen molar-refractivity contribution in [3.05, 3.63) is 53.5 Å². The normalized spacial score (nSPS) is 22.5. The first-order chi connectivity index (χ1) is 18.8. The van der Waals surface area contributed by atoms with Gasteiger partial charge in [0.15, 0.2) is 6.23 Å². The van der Waals surface area contributed by atoms with Gasteiger partial charge in [0.2, 0.25) is 5.88 Å². The van der Waals surface area contributed by atoms with Crippen LogP contribution in [-0.4, -0.2) is 72.8 Å². The third kappa shape index (κ3) is 5.86. The molecule has 12 heteroatoms. The van der Waals surface area contributed by atoms with Crippen molar-refractivity contribution in [3.8, 4) is 5.88 Å². The summed E-state index contributed by atoms with van der Waals surface area (Å²) >= 11 is 0. The molecule has 2 aliphatic heterocycles. The van der Waals surface area contributed by atoms with E-state index in [9.17, 15) is 27.9 Å². The Labute approximate surface area is 230 Å². The molecule has 1 N–H and O–H groups in total. The highest BCUT2D eigenvalue weighted by Gasteiger charge is 2.45. The van der Waals surface area contributed by atoms with Crippen LogP contribution in [0.5, 0.6) is 5.88 Å². The van der Waals surface area contributed by atoms with Gasteiger partial charge in [-0.3, -0.25) is 14.7 Å². The third-order valence-electron chi connectivity index (χ3n) is 7.84. The number of carbonyl (C=O) groups is 2. The second kappa shape index (κ2) is 10.5. The van der Waals surface area contributed by atoms with Crippen LogP contribution in [0.4, 0.5) is 18.0 Å². The number of nitrogens with zero attached hydrogens (tertiary/aromatic N) is 5. The second-order valence-corrected chi connectivity index (χ2v) is 11.7. The monoisotopic (exact) mass is 561 g/mol. The molecule has 3 heterocycles. The summed E-state index contributed by atoms with van der Waals surface area (Å²) in [7, 11) is 0. The lowest BCUT2D eigenvalue weighted by Gasteiger charge is -2.44. The van der Waals surface area contributed by atoms with Crippen molar-refractivity contribution in [3.63, 3.8) is 0 Å². The van der Waals surface area contributed by atoms with Crippen molar-refractivity contribution < 1.29 is 32.6 Å². The fourth-order valence-electron chi connectivity index (χ4n) is 5.63. The Bertz CT molecular complexity index is 1230. The summed E-state index contributed by atoms with van der Waals surface area (Å²) in [4.78, 5) is 40.0. The number of benzene rings is 1. The quantitative estimate of drug-likeness (QED) is 0.514. The highest BCUT2D eigenvalue weighted by Crippen LogP contribution is 2.39.